The van der Waals surface area contributed by atoms with Gasteiger partial charge < -0.3 is 4.74 Å². The third-order valence-corrected chi connectivity index (χ3v) is 2.02. The molecule has 0 N–H and O–H groups in total. The van der Waals surface area contributed by atoms with Gasteiger partial charge in [-0.15, -0.1) is 0 Å². The molecule has 82 valence electrons. The lowest BCUT2D eigenvalue weighted by Gasteiger charge is -2.00. The Morgan fingerprint density at radius 3 is 2.94 bits per heavy atom. The Labute approximate surface area is 105 Å². The van der Waals surface area contributed by atoms with Crippen molar-refractivity contribution in [2.45, 2.75) is 0 Å². The maximum Gasteiger partial charge on any atom is 0.339 e. The predicted octanol–water partition coefficient (Wildman–Crippen LogP) is 2.15. The van der Waals surface area contributed by atoms with Gasteiger partial charge in [0.25, 0.3) is 5.69 Å². The van der Waals surface area contributed by atoms with Crippen LogP contribution in [0.3, 0.4) is 0 Å². The van der Waals surface area contributed by atoms with Crippen LogP contribution in [0.15, 0.2) is 24.3 Å². The van der Waals surface area contributed by atoms with Crippen molar-refractivity contribution < 1.29 is 14.5 Å². The number of ether oxygens (including phenoxy) is 1. The number of nitrogens with zero attached hydrogens (tertiary/aromatic N) is 1. The van der Waals surface area contributed by atoms with E-state index in [9.17, 15) is 14.9 Å². The van der Waals surface area contributed by atoms with Gasteiger partial charge in [-0.05, 0) is 9.99 Å². The minimum absolute atomic E-state index is 0.0233. The second kappa shape index (κ2) is 6.07. The van der Waals surface area contributed by atoms with Crippen molar-refractivity contribution in [3.05, 3.63) is 39.9 Å². The van der Waals surface area contributed by atoms with E-state index < -0.39 is 10.9 Å². The lowest BCUT2D eigenvalue weighted by molar-refractivity contribution is -0.384. The maximum atomic E-state index is 11.4. The van der Waals surface area contributed by atoms with Gasteiger partial charge in [-0.2, -0.15) is 0 Å². The van der Waals surface area contributed by atoms with E-state index in [1.54, 1.807) is 0 Å². The first kappa shape index (κ1) is 12.4. The second-order valence-corrected chi connectivity index (χ2v) is 3.19. The molecule has 1 aromatic rings. The molecule has 0 saturated carbocycles. The monoisotopic (exact) mass is 331 g/mol. The summed E-state index contributed by atoms with van der Waals surface area (Å²) < 4.78 is 7.30. The van der Waals surface area contributed by atoms with Crippen LogP contribution in [0.1, 0.15) is 10.4 Å². The molecule has 0 fully saturated rings. The van der Waals surface area contributed by atoms with Crippen LogP contribution < -0.4 is 0 Å². The van der Waals surface area contributed by atoms with Gasteiger partial charge in [0.05, 0.1) is 10.5 Å². The third kappa shape index (κ3) is 3.51. The number of carbonyl (C=O) groups excluding carboxylic acids is 1. The Morgan fingerprint density at radius 2 is 2.31 bits per heavy atom. The fourth-order valence-electron chi connectivity index (χ4n) is 0.959. The number of nitro groups is 1. The molecule has 0 aromatic heterocycles. The molecule has 0 spiro atoms. The van der Waals surface area contributed by atoms with Crippen LogP contribution in [0.5, 0.6) is 0 Å². The average molecular weight is 331 g/mol. The molecular formula is C10H6INO4. The summed E-state index contributed by atoms with van der Waals surface area (Å²) in [5, 5.41) is 10.5. The molecular weight excluding hydrogens is 325 g/mol. The molecule has 0 aliphatic carbocycles. The number of halogens is 1. The van der Waals surface area contributed by atoms with Gasteiger partial charge in [0.2, 0.25) is 0 Å². The van der Waals surface area contributed by atoms with Crippen molar-refractivity contribution in [1.82, 2.24) is 0 Å². The maximum absolute atomic E-state index is 11.4. The van der Waals surface area contributed by atoms with Crippen molar-refractivity contribution in [2.24, 2.45) is 0 Å². The summed E-state index contributed by atoms with van der Waals surface area (Å²) in [6.07, 6.45) is 0. The van der Waals surface area contributed by atoms with Crippen molar-refractivity contribution in [1.29, 1.82) is 0 Å². The van der Waals surface area contributed by atoms with Crippen LogP contribution in [-0.2, 0) is 4.74 Å². The number of non-ortho nitro benzene ring substituents is 1. The lowest BCUT2D eigenvalue weighted by atomic mass is 10.2. The minimum Gasteiger partial charge on any atom is -0.449 e. The van der Waals surface area contributed by atoms with E-state index in [1.165, 1.54) is 24.3 Å². The Hall–Kier alpha value is -1.62. The van der Waals surface area contributed by atoms with Crippen LogP contribution in [0.4, 0.5) is 5.69 Å². The number of esters is 1. The third-order valence-electron chi connectivity index (χ3n) is 1.63. The summed E-state index contributed by atoms with van der Waals surface area (Å²) >= 11 is 1.82. The Balaban J connectivity index is 2.78. The van der Waals surface area contributed by atoms with Gasteiger partial charge in [0.15, 0.2) is 6.61 Å². The van der Waals surface area contributed by atoms with Gasteiger partial charge >= 0.3 is 5.97 Å². The van der Waals surface area contributed by atoms with Crippen LogP contribution in [0.25, 0.3) is 0 Å². The van der Waals surface area contributed by atoms with Crippen molar-refractivity contribution in [3.63, 3.8) is 0 Å². The van der Waals surface area contributed by atoms with Crippen molar-refractivity contribution >= 4 is 34.2 Å². The number of rotatable bonds is 3. The highest BCUT2D eigenvalue weighted by Crippen LogP contribution is 2.13. The zero-order chi connectivity index (χ0) is 12.0. The van der Waals surface area contributed by atoms with Crippen LogP contribution in [-0.4, -0.2) is 17.5 Å². The highest BCUT2D eigenvalue weighted by atomic mass is 127. The van der Waals surface area contributed by atoms with Gasteiger partial charge in [-0.3, -0.25) is 10.1 Å². The van der Waals surface area contributed by atoms with E-state index in [2.05, 4.69) is 9.85 Å². The number of hydrogen-bond donors (Lipinski definition) is 0. The fraction of sp³-hybridized carbons (Fsp3) is 0.100. The summed E-state index contributed by atoms with van der Waals surface area (Å²) in [5.74, 6) is 1.92. The molecule has 0 aliphatic rings. The first-order valence-corrected chi connectivity index (χ1v) is 5.23. The first-order chi connectivity index (χ1) is 7.65. The summed E-state index contributed by atoms with van der Waals surface area (Å²) in [7, 11) is 0. The van der Waals surface area contributed by atoms with Crippen LogP contribution in [0, 0.1) is 20.0 Å². The molecule has 0 unspecified atom stereocenters. The smallest absolute Gasteiger partial charge is 0.339 e. The van der Waals surface area contributed by atoms with E-state index in [4.69, 9.17) is 4.74 Å². The van der Waals surface area contributed by atoms with Crippen molar-refractivity contribution in [3.8, 4) is 9.85 Å². The molecule has 1 rings (SSSR count). The fourth-order valence-corrected chi connectivity index (χ4v) is 1.11. The summed E-state index contributed by atoms with van der Waals surface area (Å²) in [5.41, 5.74) is -0.00103. The number of benzene rings is 1. The molecule has 16 heavy (non-hydrogen) atoms. The first-order valence-electron chi connectivity index (χ1n) is 4.15. The number of carbonyl (C=O) groups is 1. The van der Waals surface area contributed by atoms with Gasteiger partial charge in [0, 0.05) is 34.7 Å². The van der Waals surface area contributed by atoms with Crippen molar-refractivity contribution in [2.75, 3.05) is 6.61 Å². The number of hydrogen-bond acceptors (Lipinski definition) is 4. The van der Waals surface area contributed by atoms with Gasteiger partial charge in [-0.1, -0.05) is 12.0 Å². The molecule has 0 radical (unpaired) electrons. The summed E-state index contributed by atoms with van der Waals surface area (Å²) in [4.78, 5) is 21.3. The minimum atomic E-state index is -0.622. The summed E-state index contributed by atoms with van der Waals surface area (Å²) in [6.45, 7) is -0.0233. The lowest BCUT2D eigenvalue weighted by Crippen LogP contribution is -2.05. The standard InChI is InChI=1S/C10H6INO4/c11-5-2-6-16-10(13)8-3-1-4-9(7-8)12(14)15/h1,3-4,7H,6H2. The Bertz CT molecular complexity index is 475. The molecule has 0 heterocycles. The highest BCUT2D eigenvalue weighted by Gasteiger charge is 2.11. The molecule has 0 saturated heterocycles. The summed E-state index contributed by atoms with van der Waals surface area (Å²) in [6, 6.07) is 5.35. The van der Waals surface area contributed by atoms with Gasteiger partial charge in [-0.25, -0.2) is 4.79 Å². The average Bonchev–Trinajstić information content (AvgIpc) is 2.29. The Kier molecular flexibility index (Phi) is 4.72. The highest BCUT2D eigenvalue weighted by molar-refractivity contribution is 14.1. The molecule has 0 bridgehead atoms. The van der Waals surface area contributed by atoms with E-state index in [0.29, 0.717) is 0 Å². The molecule has 0 aliphatic heterocycles. The zero-order valence-corrected chi connectivity index (χ0v) is 10.1. The second-order valence-electron chi connectivity index (χ2n) is 2.65. The molecule has 1 aromatic carbocycles. The van der Waals surface area contributed by atoms with E-state index in [-0.39, 0.29) is 17.9 Å². The largest absolute Gasteiger partial charge is 0.449 e. The quantitative estimate of drug-likeness (QED) is 0.280. The predicted molar refractivity (Wildman–Crippen MR) is 65.2 cm³/mol. The molecule has 6 heteroatoms. The molecule has 0 amide bonds. The van der Waals surface area contributed by atoms with E-state index in [0.717, 1.165) is 0 Å². The zero-order valence-electron chi connectivity index (χ0n) is 7.97. The van der Waals surface area contributed by atoms with Crippen LogP contribution >= 0.6 is 22.6 Å². The molecule has 0 atom stereocenters. The Morgan fingerprint density at radius 1 is 1.56 bits per heavy atom. The number of nitro benzene ring substituents is 1. The normalized spacial score (nSPS) is 8.81. The van der Waals surface area contributed by atoms with Crippen LogP contribution in [0.2, 0.25) is 0 Å². The topological polar surface area (TPSA) is 69.4 Å². The molecule has 5 nitrogen and oxygen atoms in total. The SMILES string of the molecule is O=C(OCC#CI)c1cccc([N+](=O)[O-])c1. The van der Waals surface area contributed by atoms with E-state index in [1.807, 2.05) is 22.6 Å². The van der Waals surface area contributed by atoms with E-state index >= 15 is 0 Å². The van der Waals surface area contributed by atoms with Gasteiger partial charge in [0.1, 0.15) is 0 Å².